The van der Waals surface area contributed by atoms with Gasteiger partial charge in [0.1, 0.15) is 5.75 Å². The molecule has 0 aliphatic carbocycles. The molecule has 1 heterocycles. The highest BCUT2D eigenvalue weighted by molar-refractivity contribution is 5.27. The number of ether oxygens (including phenoxy) is 1. The predicted molar refractivity (Wildman–Crippen MR) is 110 cm³/mol. The molecule has 1 aromatic heterocycles. The first-order valence-electron chi connectivity index (χ1n) is 9.67. The van der Waals surface area contributed by atoms with Crippen molar-refractivity contribution in [3.8, 4) is 5.75 Å². The Bertz CT molecular complexity index is 892. The monoisotopic (exact) mass is 364 g/mol. The number of methoxy groups -OCH3 is 1. The molecule has 4 heteroatoms. The normalized spacial score (nSPS) is 10.9. The van der Waals surface area contributed by atoms with Crippen molar-refractivity contribution in [3.63, 3.8) is 0 Å². The molecule has 142 valence electrons. The Labute approximate surface area is 161 Å². The standard InChI is InChI=1S/C23H28N2O2/c1-3-16-25-21(11-7-10-19-12-14-22(27-2)15-13-19)18-24(23(25)26)17-20-8-5-4-6-9-20/h4-6,8-9,12-15,18H,3,7,10-11,16-17H2,1-2H3. The number of rotatable bonds is 9. The molecule has 3 rings (SSSR count). The second kappa shape index (κ2) is 9.26. The van der Waals surface area contributed by atoms with E-state index in [1.807, 2.05) is 45.7 Å². The molecule has 0 bridgehead atoms. The number of nitrogens with zero attached hydrogens (tertiary/aromatic N) is 2. The maximum Gasteiger partial charge on any atom is 0.328 e. The van der Waals surface area contributed by atoms with Crippen molar-refractivity contribution in [1.29, 1.82) is 0 Å². The lowest BCUT2D eigenvalue weighted by molar-refractivity contribution is 0.414. The Morgan fingerprint density at radius 1 is 0.926 bits per heavy atom. The molecule has 0 aliphatic rings. The second-order valence-electron chi connectivity index (χ2n) is 6.87. The SMILES string of the molecule is CCCn1c(CCCc2ccc(OC)cc2)cn(Cc2ccccc2)c1=O. The number of aryl methyl sites for hydroxylation is 2. The zero-order valence-corrected chi connectivity index (χ0v) is 16.2. The lowest BCUT2D eigenvalue weighted by atomic mass is 10.1. The van der Waals surface area contributed by atoms with Gasteiger partial charge >= 0.3 is 5.69 Å². The maximum absolute atomic E-state index is 12.8. The molecule has 0 saturated carbocycles. The van der Waals surface area contributed by atoms with Crippen LogP contribution in [0.1, 0.15) is 36.6 Å². The highest BCUT2D eigenvalue weighted by atomic mass is 16.5. The van der Waals surface area contributed by atoms with Crippen LogP contribution in [0.25, 0.3) is 0 Å². The van der Waals surface area contributed by atoms with E-state index in [9.17, 15) is 4.79 Å². The van der Waals surface area contributed by atoms with Gasteiger partial charge in [-0.3, -0.25) is 9.13 Å². The van der Waals surface area contributed by atoms with E-state index >= 15 is 0 Å². The summed E-state index contributed by atoms with van der Waals surface area (Å²) in [5.74, 6) is 0.883. The fourth-order valence-corrected chi connectivity index (χ4v) is 3.40. The number of imidazole rings is 1. The van der Waals surface area contributed by atoms with Gasteiger partial charge in [-0.05, 0) is 48.9 Å². The first-order valence-corrected chi connectivity index (χ1v) is 9.67. The summed E-state index contributed by atoms with van der Waals surface area (Å²) in [7, 11) is 1.68. The summed E-state index contributed by atoms with van der Waals surface area (Å²) in [4.78, 5) is 12.8. The van der Waals surface area contributed by atoms with Crippen molar-refractivity contribution in [1.82, 2.24) is 9.13 Å². The van der Waals surface area contributed by atoms with Gasteiger partial charge in [0.25, 0.3) is 0 Å². The van der Waals surface area contributed by atoms with E-state index in [1.165, 1.54) is 5.56 Å². The molecule has 2 aromatic carbocycles. The summed E-state index contributed by atoms with van der Waals surface area (Å²) in [6, 6.07) is 18.4. The number of aromatic nitrogens is 2. The summed E-state index contributed by atoms with van der Waals surface area (Å²) in [5, 5.41) is 0. The summed E-state index contributed by atoms with van der Waals surface area (Å²) >= 11 is 0. The molecule has 27 heavy (non-hydrogen) atoms. The topological polar surface area (TPSA) is 36.2 Å². The minimum atomic E-state index is 0.0974. The average molecular weight is 364 g/mol. The number of benzene rings is 2. The molecule has 0 spiro atoms. The van der Waals surface area contributed by atoms with E-state index in [0.29, 0.717) is 6.54 Å². The van der Waals surface area contributed by atoms with Crippen molar-refractivity contribution in [2.45, 2.75) is 45.7 Å². The van der Waals surface area contributed by atoms with Crippen molar-refractivity contribution < 1.29 is 4.74 Å². The molecule has 0 unspecified atom stereocenters. The fourth-order valence-electron chi connectivity index (χ4n) is 3.40. The van der Waals surface area contributed by atoms with Crippen molar-refractivity contribution >= 4 is 0 Å². The van der Waals surface area contributed by atoms with Gasteiger partial charge in [0.15, 0.2) is 0 Å². The Morgan fingerprint density at radius 3 is 2.33 bits per heavy atom. The van der Waals surface area contributed by atoms with Crippen LogP contribution in [0.2, 0.25) is 0 Å². The number of hydrogen-bond donors (Lipinski definition) is 0. The quantitative estimate of drug-likeness (QED) is 0.568. The van der Waals surface area contributed by atoms with E-state index in [4.69, 9.17) is 4.74 Å². The van der Waals surface area contributed by atoms with Gasteiger partial charge in [-0.25, -0.2) is 4.79 Å². The van der Waals surface area contributed by atoms with Crippen LogP contribution in [-0.4, -0.2) is 16.2 Å². The smallest absolute Gasteiger partial charge is 0.328 e. The van der Waals surface area contributed by atoms with Crippen LogP contribution in [-0.2, 0) is 25.9 Å². The van der Waals surface area contributed by atoms with Crippen LogP contribution >= 0.6 is 0 Å². The van der Waals surface area contributed by atoms with Gasteiger partial charge in [0.05, 0.1) is 13.7 Å². The fraction of sp³-hybridized carbons (Fsp3) is 0.348. The lowest BCUT2D eigenvalue weighted by Gasteiger charge is -2.06. The van der Waals surface area contributed by atoms with Crippen molar-refractivity contribution in [2.24, 2.45) is 0 Å². The molecular formula is C23H28N2O2. The highest BCUT2D eigenvalue weighted by Gasteiger charge is 2.11. The molecule has 0 atom stereocenters. The first kappa shape index (κ1) is 19.0. The summed E-state index contributed by atoms with van der Waals surface area (Å²) in [6.45, 7) is 3.52. The Morgan fingerprint density at radius 2 is 1.67 bits per heavy atom. The Balaban J connectivity index is 1.69. The zero-order valence-electron chi connectivity index (χ0n) is 16.2. The molecule has 0 amide bonds. The minimum absolute atomic E-state index is 0.0974. The molecule has 3 aromatic rings. The van der Waals surface area contributed by atoms with Gasteiger partial charge in [-0.2, -0.15) is 0 Å². The van der Waals surface area contributed by atoms with Crippen LogP contribution in [0, 0.1) is 0 Å². The third-order valence-electron chi connectivity index (χ3n) is 4.83. The van der Waals surface area contributed by atoms with Crippen LogP contribution in [0.15, 0.2) is 65.6 Å². The maximum atomic E-state index is 12.8. The molecule has 0 N–H and O–H groups in total. The summed E-state index contributed by atoms with van der Waals surface area (Å²) in [5.41, 5.74) is 3.67. The van der Waals surface area contributed by atoms with E-state index in [0.717, 1.165) is 49.2 Å². The summed E-state index contributed by atoms with van der Waals surface area (Å²) < 4.78 is 8.99. The van der Waals surface area contributed by atoms with Crippen LogP contribution in [0.4, 0.5) is 0 Å². The van der Waals surface area contributed by atoms with Crippen LogP contribution in [0.5, 0.6) is 5.75 Å². The molecule has 0 fully saturated rings. The van der Waals surface area contributed by atoms with Gasteiger partial charge in [-0.15, -0.1) is 0 Å². The molecule has 0 aliphatic heterocycles. The van der Waals surface area contributed by atoms with Gasteiger partial charge < -0.3 is 4.74 Å². The van der Waals surface area contributed by atoms with Gasteiger partial charge in [-0.1, -0.05) is 49.4 Å². The third-order valence-corrected chi connectivity index (χ3v) is 4.83. The Kier molecular flexibility index (Phi) is 6.53. The average Bonchev–Trinajstić information content (AvgIpc) is 2.99. The summed E-state index contributed by atoms with van der Waals surface area (Å²) in [6.07, 6.45) is 5.92. The highest BCUT2D eigenvalue weighted by Crippen LogP contribution is 2.14. The Hall–Kier alpha value is -2.75. The predicted octanol–water partition coefficient (Wildman–Crippen LogP) is 4.29. The van der Waals surface area contributed by atoms with Gasteiger partial charge in [0, 0.05) is 18.4 Å². The van der Waals surface area contributed by atoms with Crippen molar-refractivity contribution in [2.75, 3.05) is 7.11 Å². The molecule has 0 radical (unpaired) electrons. The van der Waals surface area contributed by atoms with E-state index in [1.54, 1.807) is 7.11 Å². The van der Waals surface area contributed by atoms with Crippen molar-refractivity contribution in [3.05, 3.63) is 88.1 Å². The molecule has 4 nitrogen and oxygen atoms in total. The van der Waals surface area contributed by atoms with Crippen LogP contribution < -0.4 is 10.4 Å². The second-order valence-corrected chi connectivity index (χ2v) is 6.87. The van der Waals surface area contributed by atoms with Crippen LogP contribution in [0.3, 0.4) is 0 Å². The van der Waals surface area contributed by atoms with E-state index in [2.05, 4.69) is 31.2 Å². The lowest BCUT2D eigenvalue weighted by Crippen LogP contribution is -2.25. The molecular weight excluding hydrogens is 336 g/mol. The largest absolute Gasteiger partial charge is 0.497 e. The zero-order chi connectivity index (χ0) is 19.1. The number of hydrogen-bond acceptors (Lipinski definition) is 2. The third kappa shape index (κ3) is 4.91. The molecule has 0 saturated heterocycles. The first-order chi connectivity index (χ1) is 13.2. The van der Waals surface area contributed by atoms with E-state index in [-0.39, 0.29) is 5.69 Å². The van der Waals surface area contributed by atoms with E-state index < -0.39 is 0 Å². The minimum Gasteiger partial charge on any atom is -0.497 e. The van der Waals surface area contributed by atoms with Gasteiger partial charge in [0.2, 0.25) is 0 Å².